The van der Waals surface area contributed by atoms with Crippen molar-refractivity contribution in [3.8, 4) is 11.5 Å². The molecule has 1 aliphatic heterocycles. The van der Waals surface area contributed by atoms with Gasteiger partial charge in [0.05, 0.1) is 5.92 Å². The first kappa shape index (κ1) is 20.7. The fourth-order valence-corrected chi connectivity index (χ4v) is 3.62. The minimum atomic E-state index is -0.375. The Kier molecular flexibility index (Phi) is 5.76. The normalized spacial score (nSPS) is 15.8. The standard InChI is InChI=1S/C26H26N2O3/c1-17-4-9-22(10-5-17)28-16-20(15-25(28)29)26(30)27-21-7-12-23(13-8-21)31-24-11-6-18(2)19(3)14-24/h4-14,20H,15-16H2,1-3H3,(H,27,30)/t20-/m1/s1. The van der Waals surface area contributed by atoms with Crippen molar-refractivity contribution < 1.29 is 14.3 Å². The molecule has 3 aromatic carbocycles. The number of carbonyl (C=O) groups excluding carboxylic acids is 2. The van der Waals surface area contributed by atoms with Gasteiger partial charge in [0.2, 0.25) is 11.8 Å². The third-order valence-electron chi connectivity index (χ3n) is 5.68. The van der Waals surface area contributed by atoms with Crippen LogP contribution in [0, 0.1) is 26.7 Å². The van der Waals surface area contributed by atoms with Crippen molar-refractivity contribution in [3.05, 3.63) is 83.4 Å². The van der Waals surface area contributed by atoms with Crippen molar-refractivity contribution in [1.82, 2.24) is 0 Å². The van der Waals surface area contributed by atoms with Gasteiger partial charge in [0.1, 0.15) is 11.5 Å². The van der Waals surface area contributed by atoms with E-state index in [9.17, 15) is 9.59 Å². The van der Waals surface area contributed by atoms with Gasteiger partial charge in [-0.15, -0.1) is 0 Å². The van der Waals surface area contributed by atoms with E-state index in [0.29, 0.717) is 18.0 Å². The Labute approximate surface area is 182 Å². The molecular weight excluding hydrogens is 388 g/mol. The number of benzene rings is 3. The van der Waals surface area contributed by atoms with Crippen molar-refractivity contribution in [3.63, 3.8) is 0 Å². The lowest BCUT2D eigenvalue weighted by molar-refractivity contribution is -0.122. The Morgan fingerprint density at radius 2 is 1.58 bits per heavy atom. The highest BCUT2D eigenvalue weighted by Crippen LogP contribution is 2.28. The molecule has 4 rings (SSSR count). The molecule has 1 atom stereocenters. The molecule has 0 aromatic heterocycles. The van der Waals surface area contributed by atoms with Crippen LogP contribution in [-0.2, 0) is 9.59 Å². The van der Waals surface area contributed by atoms with Crippen LogP contribution in [0.25, 0.3) is 0 Å². The lowest BCUT2D eigenvalue weighted by atomic mass is 10.1. The molecule has 31 heavy (non-hydrogen) atoms. The fourth-order valence-electron chi connectivity index (χ4n) is 3.62. The highest BCUT2D eigenvalue weighted by atomic mass is 16.5. The number of hydrogen-bond donors (Lipinski definition) is 1. The monoisotopic (exact) mass is 414 g/mol. The van der Waals surface area contributed by atoms with Crippen LogP contribution in [0.5, 0.6) is 11.5 Å². The van der Waals surface area contributed by atoms with Crippen LogP contribution in [0.1, 0.15) is 23.1 Å². The van der Waals surface area contributed by atoms with Gasteiger partial charge in [-0.1, -0.05) is 23.8 Å². The van der Waals surface area contributed by atoms with Crippen molar-refractivity contribution >= 4 is 23.2 Å². The first-order valence-electron chi connectivity index (χ1n) is 10.4. The predicted octanol–water partition coefficient (Wildman–Crippen LogP) is 5.40. The Bertz CT molecular complexity index is 1100. The fraction of sp³-hybridized carbons (Fsp3) is 0.231. The van der Waals surface area contributed by atoms with Crippen LogP contribution in [0.3, 0.4) is 0 Å². The second-order valence-electron chi connectivity index (χ2n) is 8.10. The molecule has 0 bridgehead atoms. The van der Waals surface area contributed by atoms with E-state index in [1.165, 1.54) is 11.1 Å². The Morgan fingerprint density at radius 3 is 2.26 bits per heavy atom. The van der Waals surface area contributed by atoms with E-state index in [1.807, 2.05) is 73.7 Å². The molecule has 1 aliphatic rings. The molecule has 1 N–H and O–H groups in total. The smallest absolute Gasteiger partial charge is 0.229 e. The maximum Gasteiger partial charge on any atom is 0.229 e. The topological polar surface area (TPSA) is 58.6 Å². The number of carbonyl (C=O) groups is 2. The molecule has 0 radical (unpaired) electrons. The van der Waals surface area contributed by atoms with E-state index in [4.69, 9.17) is 4.74 Å². The van der Waals surface area contributed by atoms with Crippen molar-refractivity contribution in [1.29, 1.82) is 0 Å². The molecule has 5 nitrogen and oxygen atoms in total. The minimum absolute atomic E-state index is 0.0267. The highest BCUT2D eigenvalue weighted by Gasteiger charge is 2.35. The number of rotatable bonds is 5. The van der Waals surface area contributed by atoms with Crippen molar-refractivity contribution in [2.75, 3.05) is 16.8 Å². The predicted molar refractivity (Wildman–Crippen MR) is 123 cm³/mol. The first-order chi connectivity index (χ1) is 14.9. The molecule has 158 valence electrons. The number of anilines is 2. The molecule has 1 fully saturated rings. The van der Waals surface area contributed by atoms with Crippen LogP contribution in [0.2, 0.25) is 0 Å². The van der Waals surface area contributed by atoms with Gasteiger partial charge in [-0.3, -0.25) is 9.59 Å². The van der Waals surface area contributed by atoms with Gasteiger partial charge < -0.3 is 15.0 Å². The zero-order chi connectivity index (χ0) is 22.0. The van der Waals surface area contributed by atoms with Crippen LogP contribution >= 0.6 is 0 Å². The Morgan fingerprint density at radius 1 is 0.903 bits per heavy atom. The summed E-state index contributed by atoms with van der Waals surface area (Å²) in [5.41, 5.74) is 5.04. The molecule has 1 heterocycles. The summed E-state index contributed by atoms with van der Waals surface area (Å²) in [5, 5.41) is 2.92. The van der Waals surface area contributed by atoms with Gasteiger partial charge in [0.15, 0.2) is 0 Å². The van der Waals surface area contributed by atoms with Crippen LogP contribution in [0.15, 0.2) is 66.7 Å². The van der Waals surface area contributed by atoms with E-state index >= 15 is 0 Å². The molecular formula is C26H26N2O3. The van der Waals surface area contributed by atoms with Gasteiger partial charge in [-0.2, -0.15) is 0 Å². The van der Waals surface area contributed by atoms with Gasteiger partial charge in [-0.25, -0.2) is 0 Å². The minimum Gasteiger partial charge on any atom is -0.457 e. The second kappa shape index (κ2) is 8.64. The van der Waals surface area contributed by atoms with E-state index in [1.54, 1.807) is 4.90 Å². The van der Waals surface area contributed by atoms with Crippen LogP contribution in [0.4, 0.5) is 11.4 Å². The summed E-state index contributed by atoms with van der Waals surface area (Å²) in [4.78, 5) is 26.8. The van der Waals surface area contributed by atoms with Gasteiger partial charge in [0.25, 0.3) is 0 Å². The third kappa shape index (κ3) is 4.77. The average molecular weight is 415 g/mol. The summed E-state index contributed by atoms with van der Waals surface area (Å²) < 4.78 is 5.90. The zero-order valence-electron chi connectivity index (χ0n) is 18.0. The van der Waals surface area contributed by atoms with Crippen molar-refractivity contribution in [2.45, 2.75) is 27.2 Å². The maximum atomic E-state index is 12.7. The molecule has 2 amide bonds. The summed E-state index contributed by atoms with van der Waals surface area (Å²) in [6.07, 6.45) is 0.216. The van der Waals surface area contributed by atoms with E-state index in [2.05, 4.69) is 19.2 Å². The number of nitrogens with zero attached hydrogens (tertiary/aromatic N) is 1. The number of hydrogen-bond acceptors (Lipinski definition) is 3. The highest BCUT2D eigenvalue weighted by molar-refractivity contribution is 6.03. The molecule has 0 unspecified atom stereocenters. The summed E-state index contributed by atoms with van der Waals surface area (Å²) in [7, 11) is 0. The Hall–Kier alpha value is -3.60. The van der Waals surface area contributed by atoms with Gasteiger partial charge in [-0.05, 0) is 80.4 Å². The quantitative estimate of drug-likeness (QED) is 0.608. The maximum absolute atomic E-state index is 12.7. The largest absolute Gasteiger partial charge is 0.457 e. The van der Waals surface area contributed by atoms with Crippen LogP contribution < -0.4 is 15.0 Å². The molecule has 3 aromatic rings. The summed E-state index contributed by atoms with van der Waals surface area (Å²) in [5.74, 6) is 0.926. The van der Waals surface area contributed by atoms with Gasteiger partial charge in [0, 0.05) is 24.3 Å². The molecule has 1 saturated heterocycles. The molecule has 0 aliphatic carbocycles. The molecule has 0 spiro atoms. The van der Waals surface area contributed by atoms with Gasteiger partial charge >= 0.3 is 0 Å². The second-order valence-corrected chi connectivity index (χ2v) is 8.10. The molecule has 5 heteroatoms. The van der Waals surface area contributed by atoms with E-state index < -0.39 is 0 Å². The number of ether oxygens (including phenoxy) is 1. The Balaban J connectivity index is 1.36. The third-order valence-corrected chi connectivity index (χ3v) is 5.68. The summed E-state index contributed by atoms with van der Waals surface area (Å²) in [6, 6.07) is 21.0. The SMILES string of the molecule is Cc1ccc(N2C[C@H](C(=O)Nc3ccc(Oc4ccc(C)c(C)c4)cc3)CC2=O)cc1. The lowest BCUT2D eigenvalue weighted by Gasteiger charge is -2.17. The number of amides is 2. The number of nitrogens with one attached hydrogen (secondary N) is 1. The zero-order valence-corrected chi connectivity index (χ0v) is 18.0. The van der Waals surface area contributed by atoms with Crippen molar-refractivity contribution in [2.24, 2.45) is 5.92 Å². The average Bonchev–Trinajstić information content (AvgIpc) is 3.14. The number of aryl methyl sites for hydroxylation is 3. The molecule has 0 saturated carbocycles. The first-order valence-corrected chi connectivity index (χ1v) is 10.4. The van der Waals surface area contributed by atoms with Crippen LogP contribution in [-0.4, -0.2) is 18.4 Å². The van der Waals surface area contributed by atoms with E-state index in [-0.39, 0.29) is 24.2 Å². The summed E-state index contributed by atoms with van der Waals surface area (Å²) in [6.45, 7) is 6.51. The lowest BCUT2D eigenvalue weighted by Crippen LogP contribution is -2.28. The summed E-state index contributed by atoms with van der Waals surface area (Å²) >= 11 is 0. The van der Waals surface area contributed by atoms with E-state index in [0.717, 1.165) is 17.0 Å².